The van der Waals surface area contributed by atoms with Gasteiger partial charge in [0.25, 0.3) is 5.91 Å². The van der Waals surface area contributed by atoms with Crippen LogP contribution >= 0.6 is 11.6 Å². The Hall–Kier alpha value is -2.62. The summed E-state index contributed by atoms with van der Waals surface area (Å²) in [7, 11) is 0. The SMILES string of the molecule is O=C(c1cccc(Cl)c1)N1CCC(N(CCc2ccccc2)Cc2ccccc2)CC1. The van der Waals surface area contributed by atoms with Gasteiger partial charge in [-0.15, -0.1) is 0 Å². The summed E-state index contributed by atoms with van der Waals surface area (Å²) in [5.41, 5.74) is 3.39. The second kappa shape index (κ2) is 10.6. The average molecular weight is 433 g/mol. The van der Waals surface area contributed by atoms with Crippen molar-refractivity contribution in [1.29, 1.82) is 0 Å². The van der Waals surface area contributed by atoms with E-state index in [0.717, 1.165) is 45.4 Å². The van der Waals surface area contributed by atoms with Crippen molar-refractivity contribution < 1.29 is 4.79 Å². The van der Waals surface area contributed by atoms with Crippen molar-refractivity contribution in [2.75, 3.05) is 19.6 Å². The Balaban J connectivity index is 1.40. The molecule has 4 heteroatoms. The predicted octanol–water partition coefficient (Wildman–Crippen LogP) is 5.69. The van der Waals surface area contributed by atoms with Crippen LogP contribution < -0.4 is 0 Å². The van der Waals surface area contributed by atoms with Gasteiger partial charge in [-0.3, -0.25) is 9.69 Å². The Morgan fingerprint density at radius 1 is 0.871 bits per heavy atom. The third-order valence-electron chi connectivity index (χ3n) is 6.10. The van der Waals surface area contributed by atoms with Gasteiger partial charge < -0.3 is 4.90 Å². The fourth-order valence-electron chi connectivity index (χ4n) is 4.36. The minimum absolute atomic E-state index is 0.0832. The fraction of sp³-hybridized carbons (Fsp3) is 0.296. The molecule has 0 N–H and O–H groups in total. The van der Waals surface area contributed by atoms with Crippen LogP contribution in [0.3, 0.4) is 0 Å². The van der Waals surface area contributed by atoms with Crippen LogP contribution in [-0.2, 0) is 13.0 Å². The van der Waals surface area contributed by atoms with E-state index in [9.17, 15) is 4.79 Å². The highest BCUT2D eigenvalue weighted by Crippen LogP contribution is 2.22. The molecular formula is C27H29ClN2O. The number of rotatable bonds is 7. The van der Waals surface area contributed by atoms with Gasteiger partial charge in [-0.2, -0.15) is 0 Å². The van der Waals surface area contributed by atoms with Crippen molar-refractivity contribution >= 4 is 17.5 Å². The van der Waals surface area contributed by atoms with E-state index >= 15 is 0 Å². The maximum atomic E-state index is 12.9. The van der Waals surface area contributed by atoms with Crippen LogP contribution in [0.4, 0.5) is 0 Å². The number of amides is 1. The monoisotopic (exact) mass is 432 g/mol. The summed E-state index contributed by atoms with van der Waals surface area (Å²) in [6.45, 7) is 3.53. The van der Waals surface area contributed by atoms with Crippen molar-refractivity contribution in [3.63, 3.8) is 0 Å². The quantitative estimate of drug-likeness (QED) is 0.478. The molecule has 1 aliphatic heterocycles. The van der Waals surface area contributed by atoms with E-state index in [1.54, 1.807) is 12.1 Å². The van der Waals surface area contributed by atoms with Gasteiger partial charge in [0.05, 0.1) is 0 Å². The number of halogens is 1. The van der Waals surface area contributed by atoms with Gasteiger partial charge in [0, 0.05) is 42.8 Å². The second-order valence-corrected chi connectivity index (χ2v) is 8.66. The van der Waals surface area contributed by atoms with Crippen LogP contribution in [0.2, 0.25) is 5.02 Å². The highest BCUT2D eigenvalue weighted by atomic mass is 35.5. The van der Waals surface area contributed by atoms with Crippen LogP contribution in [0.15, 0.2) is 84.9 Å². The minimum Gasteiger partial charge on any atom is -0.339 e. The first-order valence-corrected chi connectivity index (χ1v) is 11.4. The molecule has 1 heterocycles. The van der Waals surface area contributed by atoms with Crippen molar-refractivity contribution in [3.05, 3.63) is 107 Å². The number of likely N-dealkylation sites (tertiary alicyclic amines) is 1. The summed E-state index contributed by atoms with van der Waals surface area (Å²) >= 11 is 6.08. The fourth-order valence-corrected chi connectivity index (χ4v) is 4.55. The molecule has 4 rings (SSSR count). The van der Waals surface area contributed by atoms with Crippen molar-refractivity contribution in [3.8, 4) is 0 Å². The summed E-state index contributed by atoms with van der Waals surface area (Å²) in [5, 5.41) is 0.607. The molecule has 0 spiro atoms. The van der Waals surface area contributed by atoms with Crippen molar-refractivity contribution in [1.82, 2.24) is 9.80 Å². The number of nitrogens with zero attached hydrogens (tertiary/aromatic N) is 2. The van der Waals surface area contributed by atoms with E-state index in [4.69, 9.17) is 11.6 Å². The van der Waals surface area contributed by atoms with Gasteiger partial charge in [0.1, 0.15) is 0 Å². The first-order chi connectivity index (χ1) is 15.2. The Morgan fingerprint density at radius 3 is 2.16 bits per heavy atom. The average Bonchev–Trinajstić information content (AvgIpc) is 2.83. The number of carbonyl (C=O) groups excluding carboxylic acids is 1. The first kappa shape index (κ1) is 21.6. The van der Waals surface area contributed by atoms with Crippen LogP contribution in [0, 0.1) is 0 Å². The molecule has 0 saturated carbocycles. The maximum Gasteiger partial charge on any atom is 0.253 e. The molecule has 1 aliphatic rings. The van der Waals surface area contributed by atoms with Crippen LogP contribution in [-0.4, -0.2) is 41.4 Å². The maximum absolute atomic E-state index is 12.9. The lowest BCUT2D eigenvalue weighted by atomic mass is 10.00. The number of piperidine rings is 1. The lowest BCUT2D eigenvalue weighted by Crippen LogP contribution is -2.47. The summed E-state index contributed by atoms with van der Waals surface area (Å²) < 4.78 is 0. The van der Waals surface area contributed by atoms with E-state index in [1.807, 2.05) is 17.0 Å². The second-order valence-electron chi connectivity index (χ2n) is 8.23. The highest BCUT2D eigenvalue weighted by molar-refractivity contribution is 6.30. The molecule has 0 aliphatic carbocycles. The third-order valence-corrected chi connectivity index (χ3v) is 6.33. The summed E-state index contributed by atoms with van der Waals surface area (Å²) in [6, 6.07) is 29.1. The normalized spacial score (nSPS) is 14.7. The molecule has 31 heavy (non-hydrogen) atoms. The number of carbonyl (C=O) groups is 1. The van der Waals surface area contributed by atoms with Gasteiger partial charge in [-0.1, -0.05) is 78.3 Å². The van der Waals surface area contributed by atoms with Gasteiger partial charge in [-0.05, 0) is 48.6 Å². The van der Waals surface area contributed by atoms with E-state index in [2.05, 4.69) is 65.6 Å². The highest BCUT2D eigenvalue weighted by Gasteiger charge is 2.27. The molecule has 0 radical (unpaired) electrons. The molecule has 0 bridgehead atoms. The molecule has 3 aromatic rings. The lowest BCUT2D eigenvalue weighted by Gasteiger charge is -2.39. The first-order valence-electron chi connectivity index (χ1n) is 11.1. The molecule has 1 amide bonds. The molecular weight excluding hydrogens is 404 g/mol. The molecule has 0 aromatic heterocycles. The minimum atomic E-state index is 0.0832. The zero-order valence-electron chi connectivity index (χ0n) is 17.8. The van der Waals surface area contributed by atoms with E-state index < -0.39 is 0 Å². The van der Waals surface area contributed by atoms with Crippen LogP contribution in [0.25, 0.3) is 0 Å². The molecule has 0 unspecified atom stereocenters. The molecule has 1 saturated heterocycles. The molecule has 0 atom stereocenters. The van der Waals surface area contributed by atoms with Crippen LogP contribution in [0.5, 0.6) is 0 Å². The standard InChI is InChI=1S/C27H29ClN2O/c28-25-13-7-12-24(20-25)27(31)29-18-15-26(16-19-29)30(21-23-10-5-2-6-11-23)17-14-22-8-3-1-4-9-22/h1-13,20,26H,14-19,21H2. The van der Waals surface area contributed by atoms with Gasteiger partial charge in [0.15, 0.2) is 0 Å². The number of hydrogen-bond donors (Lipinski definition) is 0. The third kappa shape index (κ3) is 5.96. The summed E-state index contributed by atoms with van der Waals surface area (Å²) in [5.74, 6) is 0.0832. The molecule has 1 fully saturated rings. The van der Waals surface area contributed by atoms with Gasteiger partial charge in [0.2, 0.25) is 0 Å². The molecule has 160 valence electrons. The number of benzene rings is 3. The summed E-state index contributed by atoms with van der Waals surface area (Å²) in [6.07, 6.45) is 3.02. The largest absolute Gasteiger partial charge is 0.339 e. The van der Waals surface area contributed by atoms with E-state index in [0.29, 0.717) is 16.6 Å². The molecule has 3 aromatic carbocycles. The Morgan fingerprint density at radius 2 is 1.52 bits per heavy atom. The van der Waals surface area contributed by atoms with Gasteiger partial charge >= 0.3 is 0 Å². The van der Waals surface area contributed by atoms with Crippen molar-refractivity contribution in [2.45, 2.75) is 31.8 Å². The smallest absolute Gasteiger partial charge is 0.253 e. The Kier molecular flexibility index (Phi) is 7.39. The van der Waals surface area contributed by atoms with Crippen molar-refractivity contribution in [2.24, 2.45) is 0 Å². The van der Waals surface area contributed by atoms with Crippen LogP contribution in [0.1, 0.15) is 34.3 Å². The summed E-state index contributed by atoms with van der Waals surface area (Å²) in [4.78, 5) is 17.5. The Labute approximate surface area is 190 Å². The van der Waals surface area contributed by atoms with E-state index in [1.165, 1.54) is 11.1 Å². The topological polar surface area (TPSA) is 23.6 Å². The van der Waals surface area contributed by atoms with E-state index in [-0.39, 0.29) is 5.91 Å². The Bertz CT molecular complexity index is 969. The predicted molar refractivity (Wildman–Crippen MR) is 127 cm³/mol. The number of hydrogen-bond acceptors (Lipinski definition) is 2. The lowest BCUT2D eigenvalue weighted by molar-refractivity contribution is 0.0609. The molecule has 3 nitrogen and oxygen atoms in total. The zero-order valence-corrected chi connectivity index (χ0v) is 18.5. The van der Waals surface area contributed by atoms with Gasteiger partial charge in [-0.25, -0.2) is 0 Å². The zero-order chi connectivity index (χ0) is 21.5.